The molecule has 2 amide bonds. The molecule has 2 aromatic rings. The number of ether oxygens (including phenoxy) is 1. The van der Waals surface area contributed by atoms with Gasteiger partial charge in [0.1, 0.15) is 11.4 Å². The largest absolute Gasteiger partial charge is 0.497 e. The Hall–Kier alpha value is -3.12. The van der Waals surface area contributed by atoms with Crippen LogP contribution in [0.3, 0.4) is 0 Å². The lowest BCUT2D eigenvalue weighted by molar-refractivity contribution is -0.123. The van der Waals surface area contributed by atoms with Gasteiger partial charge in [-0.1, -0.05) is 42.5 Å². The summed E-state index contributed by atoms with van der Waals surface area (Å²) in [6.07, 6.45) is 3.45. The average molecular weight is 408 g/mol. The maximum absolute atomic E-state index is 12.8. The van der Waals surface area contributed by atoms with E-state index in [1.807, 2.05) is 30.3 Å². The number of carbonyl (C=O) groups is 2. The molecule has 2 N–H and O–H groups in total. The fourth-order valence-corrected chi connectivity index (χ4v) is 3.56. The van der Waals surface area contributed by atoms with Crippen molar-refractivity contribution in [2.45, 2.75) is 32.4 Å². The Morgan fingerprint density at radius 3 is 2.33 bits per heavy atom. The number of carbonyl (C=O) groups excluding carboxylic acids is 2. The minimum atomic E-state index is -0.275. The van der Waals surface area contributed by atoms with Gasteiger partial charge in [0.05, 0.1) is 7.11 Å². The molecular formula is C24H29N3O3. The Morgan fingerprint density at radius 1 is 1.07 bits per heavy atom. The molecule has 0 saturated carbocycles. The number of rotatable bonds is 7. The van der Waals surface area contributed by atoms with Gasteiger partial charge in [-0.25, -0.2) is 0 Å². The predicted octanol–water partition coefficient (Wildman–Crippen LogP) is 2.95. The molecule has 0 radical (unpaired) electrons. The molecule has 0 bridgehead atoms. The number of methoxy groups -OCH3 is 1. The van der Waals surface area contributed by atoms with Crippen LogP contribution in [0.15, 0.2) is 60.3 Å². The number of nitrogens with zero attached hydrogens (tertiary/aromatic N) is 1. The normalized spacial score (nSPS) is 15.5. The molecule has 1 aliphatic heterocycles. The highest BCUT2D eigenvalue weighted by Gasteiger charge is 2.22. The highest BCUT2D eigenvalue weighted by molar-refractivity contribution is 6.01. The van der Waals surface area contributed by atoms with Gasteiger partial charge in [0.25, 0.3) is 5.91 Å². The van der Waals surface area contributed by atoms with Crippen LogP contribution in [0.5, 0.6) is 5.75 Å². The number of benzene rings is 2. The van der Waals surface area contributed by atoms with E-state index in [9.17, 15) is 9.59 Å². The summed E-state index contributed by atoms with van der Waals surface area (Å²) in [6, 6.07) is 17.8. The van der Waals surface area contributed by atoms with Gasteiger partial charge in [0, 0.05) is 32.6 Å². The molecule has 0 unspecified atom stereocenters. The van der Waals surface area contributed by atoms with E-state index in [2.05, 4.69) is 39.8 Å². The number of piperidine rings is 1. The molecule has 3 rings (SSSR count). The summed E-state index contributed by atoms with van der Waals surface area (Å²) >= 11 is 0. The van der Waals surface area contributed by atoms with E-state index in [1.165, 1.54) is 12.5 Å². The standard InChI is InChI=1S/C24H29N3O3/c1-18(28)25-23(16-19-8-10-22(30-2)11-9-19)24(29)26-21-12-14-27(15-13-21)17-20-6-4-3-5-7-20/h3-11,16,21H,12-15,17H2,1-2H3,(H,25,28)(H,26,29)/b23-16+. The van der Waals surface area contributed by atoms with Crippen molar-refractivity contribution in [1.82, 2.24) is 15.5 Å². The number of nitrogens with one attached hydrogen (secondary N) is 2. The number of amides is 2. The molecule has 6 heteroatoms. The van der Waals surface area contributed by atoms with Crippen LogP contribution in [0.25, 0.3) is 6.08 Å². The lowest BCUT2D eigenvalue weighted by Gasteiger charge is -2.32. The zero-order valence-electron chi connectivity index (χ0n) is 17.6. The number of likely N-dealkylation sites (tertiary alicyclic amines) is 1. The van der Waals surface area contributed by atoms with E-state index >= 15 is 0 Å². The Labute approximate surface area is 177 Å². The Morgan fingerprint density at radius 2 is 1.73 bits per heavy atom. The monoisotopic (exact) mass is 407 g/mol. The molecule has 0 aliphatic carbocycles. The van der Waals surface area contributed by atoms with Crippen LogP contribution in [-0.2, 0) is 16.1 Å². The summed E-state index contributed by atoms with van der Waals surface area (Å²) in [7, 11) is 1.60. The molecule has 158 valence electrons. The second kappa shape index (κ2) is 10.6. The minimum absolute atomic E-state index is 0.0950. The third-order valence-electron chi connectivity index (χ3n) is 5.15. The molecule has 30 heavy (non-hydrogen) atoms. The lowest BCUT2D eigenvalue weighted by atomic mass is 10.0. The van der Waals surface area contributed by atoms with E-state index in [1.54, 1.807) is 13.2 Å². The highest BCUT2D eigenvalue weighted by atomic mass is 16.5. The van der Waals surface area contributed by atoms with E-state index in [-0.39, 0.29) is 23.6 Å². The molecule has 1 saturated heterocycles. The van der Waals surface area contributed by atoms with Crippen molar-refractivity contribution in [1.29, 1.82) is 0 Å². The Bertz CT molecular complexity index is 870. The second-order valence-corrected chi connectivity index (χ2v) is 7.52. The highest BCUT2D eigenvalue weighted by Crippen LogP contribution is 2.16. The fraction of sp³-hybridized carbons (Fsp3) is 0.333. The maximum atomic E-state index is 12.8. The molecule has 1 heterocycles. The van der Waals surface area contributed by atoms with E-state index in [4.69, 9.17) is 4.74 Å². The van der Waals surface area contributed by atoms with Crippen LogP contribution in [0.1, 0.15) is 30.9 Å². The van der Waals surface area contributed by atoms with Gasteiger partial charge in [0.2, 0.25) is 5.91 Å². The van der Waals surface area contributed by atoms with Gasteiger partial charge in [-0.05, 0) is 42.2 Å². The van der Waals surface area contributed by atoms with Gasteiger partial charge in [0.15, 0.2) is 0 Å². The van der Waals surface area contributed by atoms with Crippen LogP contribution >= 0.6 is 0 Å². The maximum Gasteiger partial charge on any atom is 0.268 e. The van der Waals surface area contributed by atoms with Gasteiger partial charge < -0.3 is 15.4 Å². The fourth-order valence-electron chi connectivity index (χ4n) is 3.56. The Balaban J connectivity index is 1.57. The van der Waals surface area contributed by atoms with E-state index in [0.717, 1.165) is 43.8 Å². The SMILES string of the molecule is COc1ccc(/C=C(/NC(C)=O)C(=O)NC2CCN(Cc3ccccc3)CC2)cc1. The van der Waals surface area contributed by atoms with Crippen LogP contribution in [0.4, 0.5) is 0 Å². The second-order valence-electron chi connectivity index (χ2n) is 7.52. The molecule has 0 atom stereocenters. The molecule has 0 aromatic heterocycles. The molecule has 6 nitrogen and oxygen atoms in total. The zero-order chi connectivity index (χ0) is 21.3. The van der Waals surface area contributed by atoms with E-state index in [0.29, 0.717) is 0 Å². The third-order valence-corrected chi connectivity index (χ3v) is 5.15. The van der Waals surface area contributed by atoms with Crippen molar-refractivity contribution in [3.8, 4) is 5.75 Å². The molecule has 1 fully saturated rings. The van der Waals surface area contributed by atoms with Gasteiger partial charge >= 0.3 is 0 Å². The summed E-state index contributed by atoms with van der Waals surface area (Å²) in [5.41, 5.74) is 2.36. The van der Waals surface area contributed by atoms with E-state index < -0.39 is 0 Å². The first-order valence-electron chi connectivity index (χ1n) is 10.2. The lowest BCUT2D eigenvalue weighted by Crippen LogP contribution is -2.46. The predicted molar refractivity (Wildman–Crippen MR) is 118 cm³/mol. The van der Waals surface area contributed by atoms with Gasteiger partial charge in [-0.3, -0.25) is 14.5 Å². The summed E-state index contributed by atoms with van der Waals surface area (Å²) in [5.74, 6) is 0.199. The zero-order valence-corrected chi connectivity index (χ0v) is 17.6. The summed E-state index contributed by atoms with van der Waals surface area (Å²) in [6.45, 7) is 4.18. The molecular weight excluding hydrogens is 378 g/mol. The van der Waals surface area contributed by atoms with Gasteiger partial charge in [-0.15, -0.1) is 0 Å². The van der Waals surface area contributed by atoms with Crippen molar-refractivity contribution < 1.29 is 14.3 Å². The summed E-state index contributed by atoms with van der Waals surface area (Å²) in [4.78, 5) is 26.8. The third kappa shape index (κ3) is 6.46. The smallest absolute Gasteiger partial charge is 0.268 e. The van der Waals surface area contributed by atoms with Gasteiger partial charge in [-0.2, -0.15) is 0 Å². The average Bonchev–Trinajstić information content (AvgIpc) is 2.75. The molecule has 1 aliphatic rings. The number of hydrogen-bond acceptors (Lipinski definition) is 4. The van der Waals surface area contributed by atoms with Crippen molar-refractivity contribution >= 4 is 17.9 Å². The first kappa shape index (κ1) is 21.6. The van der Waals surface area contributed by atoms with Crippen molar-refractivity contribution in [3.63, 3.8) is 0 Å². The number of hydrogen-bond donors (Lipinski definition) is 2. The first-order valence-corrected chi connectivity index (χ1v) is 10.2. The Kier molecular flexibility index (Phi) is 7.63. The van der Waals surface area contributed by atoms with Crippen molar-refractivity contribution in [3.05, 3.63) is 71.4 Å². The van der Waals surface area contributed by atoms with Crippen LogP contribution < -0.4 is 15.4 Å². The quantitative estimate of drug-likeness (QED) is 0.693. The first-order chi connectivity index (χ1) is 14.5. The molecule has 0 spiro atoms. The van der Waals surface area contributed by atoms with Crippen LogP contribution in [-0.4, -0.2) is 43.0 Å². The molecule has 2 aromatic carbocycles. The topological polar surface area (TPSA) is 70.7 Å². The van der Waals surface area contributed by atoms with Crippen molar-refractivity contribution in [2.24, 2.45) is 0 Å². The summed E-state index contributed by atoms with van der Waals surface area (Å²) < 4.78 is 5.16. The van der Waals surface area contributed by atoms with Crippen LogP contribution in [0.2, 0.25) is 0 Å². The van der Waals surface area contributed by atoms with Crippen molar-refractivity contribution in [2.75, 3.05) is 20.2 Å². The summed E-state index contributed by atoms with van der Waals surface area (Å²) in [5, 5.41) is 5.73. The minimum Gasteiger partial charge on any atom is -0.497 e. The van der Waals surface area contributed by atoms with Crippen LogP contribution in [0, 0.1) is 0 Å².